The molecule has 7 heteroatoms. The number of hydrogen-bond donors (Lipinski definition) is 2. The van der Waals surface area contributed by atoms with Gasteiger partial charge in [0, 0.05) is 6.54 Å². The molecule has 1 fully saturated rings. The summed E-state index contributed by atoms with van der Waals surface area (Å²) in [4.78, 5) is 12.4. The molecule has 0 aromatic rings. The van der Waals surface area contributed by atoms with E-state index in [2.05, 4.69) is 0 Å². The van der Waals surface area contributed by atoms with E-state index in [0.717, 1.165) is 4.90 Å². The largest absolute Gasteiger partial charge is 0.444 e. The number of amides is 1. The van der Waals surface area contributed by atoms with Crippen molar-refractivity contribution in [2.45, 2.75) is 44.4 Å². The molecule has 0 saturated carbocycles. The molecular weight excluding hydrogens is 234 g/mol. The highest BCUT2D eigenvalue weighted by atomic mass is 19.3. The number of halogens is 2. The molecule has 0 unspecified atom stereocenters. The Morgan fingerprint density at radius 2 is 2.06 bits per heavy atom. The average molecular weight is 252 g/mol. The first-order valence-electron chi connectivity index (χ1n) is 5.32. The molecule has 17 heavy (non-hydrogen) atoms. The summed E-state index contributed by atoms with van der Waals surface area (Å²) < 4.78 is 31.6. The van der Waals surface area contributed by atoms with E-state index >= 15 is 0 Å². The van der Waals surface area contributed by atoms with Crippen LogP contribution in [0.25, 0.3) is 0 Å². The molecule has 1 heterocycles. The summed E-state index contributed by atoms with van der Waals surface area (Å²) in [6.07, 6.45) is -2.78. The Morgan fingerprint density at radius 3 is 2.47 bits per heavy atom. The Balaban J connectivity index is 2.71. The highest BCUT2D eigenvalue weighted by molar-refractivity contribution is 5.68. The molecule has 0 radical (unpaired) electrons. The molecule has 0 aromatic heterocycles. The Labute approximate surface area is 98.5 Å². The number of rotatable bonds is 0. The number of carbonyl (C=O) groups is 1. The minimum absolute atomic E-state index is 0.147. The Kier molecular flexibility index (Phi) is 3.63. The first-order chi connectivity index (χ1) is 7.53. The molecule has 0 bridgehead atoms. The predicted molar refractivity (Wildman–Crippen MR) is 56.7 cm³/mol. The van der Waals surface area contributed by atoms with Gasteiger partial charge in [-0.2, -0.15) is 0 Å². The van der Waals surface area contributed by atoms with Gasteiger partial charge in [-0.1, -0.05) is 0 Å². The summed E-state index contributed by atoms with van der Waals surface area (Å²) in [5.41, 5.74) is 4.61. The Bertz CT molecular complexity index is 304. The Hall–Kier alpha value is -0.950. The molecule has 0 aromatic carbocycles. The van der Waals surface area contributed by atoms with Crippen LogP contribution in [0, 0.1) is 0 Å². The molecular formula is C10H18F2N2O3. The monoisotopic (exact) mass is 252 g/mol. The normalized spacial score (nSPS) is 29.0. The van der Waals surface area contributed by atoms with Crippen LogP contribution < -0.4 is 5.73 Å². The van der Waals surface area contributed by atoms with Gasteiger partial charge < -0.3 is 20.5 Å². The minimum atomic E-state index is -3.41. The quantitative estimate of drug-likeness (QED) is 0.660. The lowest BCUT2D eigenvalue weighted by atomic mass is 10.00. The lowest BCUT2D eigenvalue weighted by molar-refractivity contribution is -0.154. The van der Waals surface area contributed by atoms with Crippen LogP contribution in [0.5, 0.6) is 0 Å². The number of hydrogen-bond acceptors (Lipinski definition) is 4. The molecule has 5 nitrogen and oxygen atoms in total. The molecule has 1 aliphatic rings. The van der Waals surface area contributed by atoms with Gasteiger partial charge in [0.1, 0.15) is 11.7 Å². The summed E-state index contributed by atoms with van der Waals surface area (Å²) in [6, 6.07) is -1.17. The molecule has 1 rings (SSSR count). The molecule has 3 N–H and O–H groups in total. The smallest absolute Gasteiger partial charge is 0.410 e. The van der Waals surface area contributed by atoms with Crippen molar-refractivity contribution in [3.8, 4) is 0 Å². The highest BCUT2D eigenvalue weighted by Gasteiger charge is 2.49. The molecule has 2 atom stereocenters. The van der Waals surface area contributed by atoms with E-state index in [1.165, 1.54) is 0 Å². The van der Waals surface area contributed by atoms with E-state index in [1.807, 2.05) is 0 Å². The zero-order valence-corrected chi connectivity index (χ0v) is 10.1. The van der Waals surface area contributed by atoms with Crippen LogP contribution >= 0.6 is 0 Å². The van der Waals surface area contributed by atoms with Crippen molar-refractivity contribution < 1.29 is 23.4 Å². The van der Waals surface area contributed by atoms with E-state index in [4.69, 9.17) is 10.5 Å². The van der Waals surface area contributed by atoms with Crippen LogP contribution in [0.2, 0.25) is 0 Å². The third-order valence-electron chi connectivity index (χ3n) is 2.32. The van der Waals surface area contributed by atoms with Gasteiger partial charge >= 0.3 is 6.09 Å². The second-order valence-corrected chi connectivity index (χ2v) is 5.23. The zero-order valence-electron chi connectivity index (χ0n) is 10.1. The fourth-order valence-corrected chi connectivity index (χ4v) is 1.55. The van der Waals surface area contributed by atoms with Crippen molar-refractivity contribution >= 4 is 6.09 Å². The predicted octanol–water partition coefficient (Wildman–Crippen LogP) is 0.561. The van der Waals surface area contributed by atoms with Gasteiger partial charge in [0.05, 0.1) is 12.6 Å². The molecule has 1 saturated heterocycles. The van der Waals surface area contributed by atoms with E-state index in [9.17, 15) is 18.7 Å². The maximum atomic E-state index is 13.3. The van der Waals surface area contributed by atoms with Crippen LogP contribution in [-0.4, -0.2) is 52.9 Å². The van der Waals surface area contributed by atoms with Crippen LogP contribution in [0.1, 0.15) is 20.8 Å². The van der Waals surface area contributed by atoms with Gasteiger partial charge in [-0.05, 0) is 20.8 Å². The van der Waals surface area contributed by atoms with Crippen LogP contribution in [0.15, 0.2) is 0 Å². The standard InChI is InChI=1S/C10H18F2N2O3/c1-9(2,3)17-8(16)14-4-6(13)7(15)10(11,12)5-14/h6-7,15H,4-5,13H2,1-3H3/t6-,7-/m1/s1. The van der Waals surface area contributed by atoms with Crippen molar-refractivity contribution in [3.63, 3.8) is 0 Å². The maximum Gasteiger partial charge on any atom is 0.410 e. The first kappa shape index (κ1) is 14.1. The second-order valence-electron chi connectivity index (χ2n) is 5.23. The zero-order chi connectivity index (χ0) is 13.4. The van der Waals surface area contributed by atoms with E-state index in [0.29, 0.717) is 0 Å². The number of likely N-dealkylation sites (tertiary alicyclic amines) is 1. The van der Waals surface area contributed by atoms with E-state index in [-0.39, 0.29) is 6.54 Å². The van der Waals surface area contributed by atoms with Crippen molar-refractivity contribution in [1.82, 2.24) is 4.90 Å². The minimum Gasteiger partial charge on any atom is -0.444 e. The van der Waals surface area contributed by atoms with Gasteiger partial charge in [-0.3, -0.25) is 0 Å². The molecule has 1 aliphatic heterocycles. The third kappa shape index (κ3) is 3.50. The number of nitrogens with two attached hydrogens (primary N) is 1. The number of aliphatic hydroxyl groups excluding tert-OH is 1. The fourth-order valence-electron chi connectivity index (χ4n) is 1.55. The van der Waals surface area contributed by atoms with Crippen LogP contribution in [0.4, 0.5) is 13.6 Å². The summed E-state index contributed by atoms with van der Waals surface area (Å²) in [7, 11) is 0. The second kappa shape index (κ2) is 4.38. The lowest BCUT2D eigenvalue weighted by Gasteiger charge is -2.39. The van der Waals surface area contributed by atoms with Gasteiger partial charge in [0.15, 0.2) is 0 Å². The van der Waals surface area contributed by atoms with E-state index in [1.54, 1.807) is 20.8 Å². The number of aliphatic hydroxyl groups is 1. The fraction of sp³-hybridized carbons (Fsp3) is 0.900. The summed E-state index contributed by atoms with van der Waals surface area (Å²) in [5.74, 6) is -3.41. The van der Waals surface area contributed by atoms with E-state index < -0.39 is 36.3 Å². The SMILES string of the molecule is CC(C)(C)OC(=O)N1C[C@@H](N)[C@@H](O)C(F)(F)C1. The average Bonchev–Trinajstić information content (AvgIpc) is 2.10. The van der Waals surface area contributed by atoms with Crippen LogP contribution in [0.3, 0.4) is 0 Å². The summed E-state index contributed by atoms with van der Waals surface area (Å²) in [5, 5.41) is 9.18. The van der Waals surface area contributed by atoms with Gasteiger partial charge in [-0.15, -0.1) is 0 Å². The van der Waals surface area contributed by atoms with Crippen molar-refractivity contribution in [2.75, 3.05) is 13.1 Å². The third-order valence-corrected chi connectivity index (χ3v) is 2.32. The van der Waals surface area contributed by atoms with Crippen molar-refractivity contribution in [1.29, 1.82) is 0 Å². The first-order valence-corrected chi connectivity index (χ1v) is 5.32. The number of ether oxygens (including phenoxy) is 1. The highest BCUT2D eigenvalue weighted by Crippen LogP contribution is 2.27. The topological polar surface area (TPSA) is 75.8 Å². The summed E-state index contributed by atoms with van der Waals surface area (Å²) in [6.45, 7) is 3.90. The van der Waals surface area contributed by atoms with Crippen molar-refractivity contribution in [3.05, 3.63) is 0 Å². The lowest BCUT2D eigenvalue weighted by Crippen LogP contribution is -2.63. The molecule has 0 spiro atoms. The van der Waals surface area contributed by atoms with Gasteiger partial charge in [-0.25, -0.2) is 13.6 Å². The number of carbonyl (C=O) groups excluding carboxylic acids is 1. The molecule has 100 valence electrons. The van der Waals surface area contributed by atoms with Gasteiger partial charge in [0.25, 0.3) is 5.92 Å². The van der Waals surface area contributed by atoms with Crippen LogP contribution in [-0.2, 0) is 4.74 Å². The number of alkyl halides is 2. The van der Waals surface area contributed by atoms with Gasteiger partial charge in [0.2, 0.25) is 0 Å². The number of nitrogens with zero attached hydrogens (tertiary/aromatic N) is 1. The summed E-state index contributed by atoms with van der Waals surface area (Å²) >= 11 is 0. The molecule has 1 amide bonds. The maximum absolute atomic E-state index is 13.3. The molecule has 0 aliphatic carbocycles. The number of piperidine rings is 1. The Morgan fingerprint density at radius 1 is 1.53 bits per heavy atom. The van der Waals surface area contributed by atoms with Crippen molar-refractivity contribution in [2.24, 2.45) is 5.73 Å².